The summed E-state index contributed by atoms with van der Waals surface area (Å²) in [7, 11) is 0. The highest BCUT2D eigenvalue weighted by Crippen LogP contribution is 2.63. The first-order valence-corrected chi connectivity index (χ1v) is 24.3. The number of aromatic nitrogens is 4. The number of nitrogens with zero attached hydrogens (tertiary/aromatic N) is 4. The number of para-hydroxylation sites is 1. The fourth-order valence-electron chi connectivity index (χ4n) is 11.8. The highest BCUT2D eigenvalue weighted by molar-refractivity contribution is 7.26. The number of thiophene rings is 1. The lowest BCUT2D eigenvalue weighted by atomic mass is 9.70. The average Bonchev–Trinajstić information content (AvgIpc) is 4.14. The number of hydrogen-bond acceptors (Lipinski definition) is 4. The lowest BCUT2D eigenvalue weighted by Crippen LogP contribution is -2.25. The second kappa shape index (κ2) is 14.6. The van der Waals surface area contributed by atoms with E-state index in [9.17, 15) is 0 Å². The van der Waals surface area contributed by atoms with E-state index in [0.717, 1.165) is 33.4 Å². The maximum Gasteiger partial charge on any atom is 0.164 e. The van der Waals surface area contributed by atoms with E-state index in [1.54, 1.807) is 0 Å². The van der Waals surface area contributed by atoms with Gasteiger partial charge in [0.1, 0.15) is 0 Å². The molecule has 0 radical (unpaired) electrons. The molecule has 5 heteroatoms. The molecule has 320 valence electrons. The highest BCUT2D eigenvalue weighted by atomic mass is 32.1. The normalized spacial score (nSPS) is 13.0. The molecule has 0 amide bonds. The Hall–Kier alpha value is -8.77. The molecule has 0 bridgehead atoms. The summed E-state index contributed by atoms with van der Waals surface area (Å²) in [6.45, 7) is 0. The van der Waals surface area contributed by atoms with E-state index in [2.05, 4.69) is 217 Å². The lowest BCUT2D eigenvalue weighted by molar-refractivity contribution is 0.794. The molecule has 1 spiro atoms. The van der Waals surface area contributed by atoms with Gasteiger partial charge in [0.05, 0.1) is 16.4 Å². The fraction of sp³-hybridized carbons (Fsp3) is 0.0156. The van der Waals surface area contributed by atoms with Gasteiger partial charge in [-0.25, -0.2) is 15.0 Å². The molecule has 69 heavy (non-hydrogen) atoms. The third kappa shape index (κ3) is 5.48. The molecular weight excluding hydrogens is 857 g/mol. The van der Waals surface area contributed by atoms with Crippen LogP contribution in [0.3, 0.4) is 0 Å². The van der Waals surface area contributed by atoms with Crippen molar-refractivity contribution in [3.05, 3.63) is 253 Å². The molecule has 10 aromatic carbocycles. The number of hydrogen-bond donors (Lipinski definition) is 0. The smallest absolute Gasteiger partial charge is 0.164 e. The summed E-state index contributed by atoms with van der Waals surface area (Å²) in [5.74, 6) is 1.90. The highest BCUT2D eigenvalue weighted by Gasteiger charge is 2.51. The third-order valence-corrected chi connectivity index (χ3v) is 15.8. The molecule has 0 unspecified atom stereocenters. The summed E-state index contributed by atoms with van der Waals surface area (Å²) in [6.07, 6.45) is 0. The SMILES string of the molecule is c1ccc(-c2nc(-c3cccc(-n4c5ccccc5c5cc6c(cc54)C4(c5ccccc5-c5ccccc54)c4ccccc4-6)c3)nc(-c3ccc4c(c3)sc3cccc(-c5ccccc5)c34)n2)cc1. The predicted molar refractivity (Wildman–Crippen MR) is 285 cm³/mol. The van der Waals surface area contributed by atoms with Gasteiger partial charge in [-0.1, -0.05) is 188 Å². The van der Waals surface area contributed by atoms with Crippen LogP contribution in [0.15, 0.2) is 231 Å². The van der Waals surface area contributed by atoms with Crippen LogP contribution in [0.25, 0.3) is 115 Å². The summed E-state index contributed by atoms with van der Waals surface area (Å²) in [5.41, 5.74) is 18.7. The van der Waals surface area contributed by atoms with Gasteiger partial charge >= 0.3 is 0 Å². The van der Waals surface area contributed by atoms with Crippen LogP contribution in [0.5, 0.6) is 0 Å². The van der Waals surface area contributed by atoms with Crippen molar-refractivity contribution < 1.29 is 0 Å². The van der Waals surface area contributed by atoms with E-state index in [4.69, 9.17) is 15.0 Å². The Morgan fingerprint density at radius 1 is 0.319 bits per heavy atom. The molecule has 15 rings (SSSR count). The van der Waals surface area contributed by atoms with E-state index < -0.39 is 5.41 Å². The largest absolute Gasteiger partial charge is 0.309 e. The Labute approximate surface area is 402 Å². The maximum absolute atomic E-state index is 5.31. The molecule has 0 saturated carbocycles. The van der Waals surface area contributed by atoms with Gasteiger partial charge in [-0.3, -0.25) is 0 Å². The Kier molecular flexibility index (Phi) is 8.12. The van der Waals surface area contributed by atoms with Gasteiger partial charge in [-0.2, -0.15) is 0 Å². The molecule has 0 saturated heterocycles. The van der Waals surface area contributed by atoms with Crippen LogP contribution in [-0.4, -0.2) is 19.5 Å². The minimum atomic E-state index is -0.450. The van der Waals surface area contributed by atoms with Gasteiger partial charge in [0, 0.05) is 53.3 Å². The van der Waals surface area contributed by atoms with Crippen molar-refractivity contribution in [1.29, 1.82) is 0 Å². The zero-order valence-corrected chi connectivity index (χ0v) is 38.0. The Morgan fingerprint density at radius 2 is 0.870 bits per heavy atom. The van der Waals surface area contributed by atoms with Gasteiger partial charge in [0.15, 0.2) is 17.5 Å². The van der Waals surface area contributed by atoms with Crippen LogP contribution in [0.2, 0.25) is 0 Å². The first-order chi connectivity index (χ1) is 34.2. The Balaban J connectivity index is 0.922. The minimum absolute atomic E-state index is 0.450. The van der Waals surface area contributed by atoms with E-state index in [1.807, 2.05) is 29.5 Å². The number of fused-ring (bicyclic) bond motifs is 16. The van der Waals surface area contributed by atoms with Crippen molar-refractivity contribution in [2.45, 2.75) is 5.41 Å². The molecule has 0 atom stereocenters. The van der Waals surface area contributed by atoms with Crippen LogP contribution in [0.4, 0.5) is 0 Å². The molecule has 3 heterocycles. The van der Waals surface area contributed by atoms with E-state index in [1.165, 1.54) is 86.6 Å². The van der Waals surface area contributed by atoms with Gasteiger partial charge < -0.3 is 4.57 Å². The van der Waals surface area contributed by atoms with Crippen LogP contribution >= 0.6 is 11.3 Å². The zero-order chi connectivity index (χ0) is 45.2. The van der Waals surface area contributed by atoms with Crippen molar-refractivity contribution in [1.82, 2.24) is 19.5 Å². The van der Waals surface area contributed by atoms with Crippen molar-refractivity contribution >= 4 is 53.3 Å². The van der Waals surface area contributed by atoms with Crippen molar-refractivity contribution in [2.75, 3.05) is 0 Å². The Bertz CT molecular complexity index is 4210. The van der Waals surface area contributed by atoms with Gasteiger partial charge in [-0.05, 0) is 98.1 Å². The van der Waals surface area contributed by atoms with Gasteiger partial charge in [0.25, 0.3) is 0 Å². The second-order valence-electron chi connectivity index (χ2n) is 18.2. The quantitative estimate of drug-likeness (QED) is 0.173. The maximum atomic E-state index is 5.31. The molecule has 2 aliphatic rings. The standard InChI is InChI=1S/C64H38N4S/c1-3-17-39(18-4-1)44-27-16-32-58-60(44)49-34-33-42(36-59(49)69-58)63-66-61(40-19-5-2-6-20-40)65-62(67-63)41-21-15-22-43(35-41)68-56-31-14-10-26-48(56)51-37-50-47-25-9-13-30-54(47)64(55(50)38-57(51)68)52-28-11-7-23-45(52)46-24-8-12-29-53(46)64/h1-38H. The summed E-state index contributed by atoms with van der Waals surface area (Å²) in [5, 5.41) is 4.95. The van der Waals surface area contributed by atoms with Crippen molar-refractivity contribution in [3.8, 4) is 73.2 Å². The van der Waals surface area contributed by atoms with Gasteiger partial charge in [0.2, 0.25) is 0 Å². The summed E-state index contributed by atoms with van der Waals surface area (Å²) in [4.78, 5) is 15.7. The second-order valence-corrected chi connectivity index (χ2v) is 19.3. The first-order valence-electron chi connectivity index (χ1n) is 23.5. The first kappa shape index (κ1) is 38.3. The Morgan fingerprint density at radius 3 is 1.58 bits per heavy atom. The summed E-state index contributed by atoms with van der Waals surface area (Å²) >= 11 is 1.81. The average molecular weight is 895 g/mol. The van der Waals surface area contributed by atoms with Crippen LogP contribution in [-0.2, 0) is 5.41 Å². The molecule has 2 aliphatic carbocycles. The molecule has 4 nitrogen and oxygen atoms in total. The predicted octanol–water partition coefficient (Wildman–Crippen LogP) is 16.3. The van der Waals surface area contributed by atoms with Gasteiger partial charge in [-0.15, -0.1) is 11.3 Å². The number of benzene rings is 10. The van der Waals surface area contributed by atoms with Crippen LogP contribution in [0, 0.1) is 0 Å². The van der Waals surface area contributed by atoms with Crippen molar-refractivity contribution in [2.24, 2.45) is 0 Å². The summed E-state index contributed by atoms with van der Waals surface area (Å²) < 4.78 is 4.90. The molecule has 3 aromatic heterocycles. The van der Waals surface area contributed by atoms with Crippen LogP contribution in [0.1, 0.15) is 22.3 Å². The third-order valence-electron chi connectivity index (χ3n) is 14.7. The van der Waals surface area contributed by atoms with E-state index in [-0.39, 0.29) is 0 Å². The topological polar surface area (TPSA) is 43.6 Å². The summed E-state index contributed by atoms with van der Waals surface area (Å²) in [6, 6.07) is 83.8. The monoisotopic (exact) mass is 894 g/mol. The fourth-order valence-corrected chi connectivity index (χ4v) is 13.0. The molecule has 0 aliphatic heterocycles. The van der Waals surface area contributed by atoms with Crippen molar-refractivity contribution in [3.63, 3.8) is 0 Å². The van der Waals surface area contributed by atoms with E-state index >= 15 is 0 Å². The lowest BCUT2D eigenvalue weighted by Gasteiger charge is -2.30. The van der Waals surface area contributed by atoms with E-state index in [0.29, 0.717) is 17.5 Å². The number of rotatable bonds is 5. The van der Waals surface area contributed by atoms with Crippen LogP contribution < -0.4 is 0 Å². The molecule has 0 N–H and O–H groups in total. The minimum Gasteiger partial charge on any atom is -0.309 e. The molecular formula is C64H38N4S. The molecule has 13 aromatic rings. The zero-order valence-electron chi connectivity index (χ0n) is 37.1. The molecule has 0 fully saturated rings.